The van der Waals surface area contributed by atoms with E-state index in [-0.39, 0.29) is 23.9 Å². The van der Waals surface area contributed by atoms with Crippen LogP contribution in [0.15, 0.2) is 18.2 Å². The van der Waals surface area contributed by atoms with Crippen molar-refractivity contribution in [1.82, 2.24) is 4.90 Å². The molecule has 0 aromatic heterocycles. The summed E-state index contributed by atoms with van der Waals surface area (Å²) in [6, 6.07) is 3.10. The van der Waals surface area contributed by atoms with Gasteiger partial charge in [-0.05, 0) is 39.7 Å². The predicted octanol–water partition coefficient (Wildman–Crippen LogP) is 3.93. The molecule has 0 atom stereocenters. The zero-order chi connectivity index (χ0) is 16.8. The van der Waals surface area contributed by atoms with Crippen LogP contribution in [0, 0.1) is 5.82 Å². The second-order valence-corrected chi connectivity index (χ2v) is 6.85. The number of halogens is 4. The highest BCUT2D eigenvalue weighted by molar-refractivity contribution is 5.32. The molecule has 0 aliphatic carbocycles. The maximum atomic E-state index is 14.2. The molecular formula is C16H21F4NO. The Balaban J connectivity index is 2.30. The Morgan fingerprint density at radius 2 is 1.64 bits per heavy atom. The van der Waals surface area contributed by atoms with Crippen LogP contribution in [0.3, 0.4) is 0 Å². The number of piperidine rings is 1. The van der Waals surface area contributed by atoms with Crippen molar-refractivity contribution in [2.45, 2.75) is 50.9 Å². The Morgan fingerprint density at radius 3 is 2.09 bits per heavy atom. The molecule has 1 aromatic carbocycles. The van der Waals surface area contributed by atoms with Gasteiger partial charge in [0.1, 0.15) is 5.82 Å². The molecular weight excluding hydrogens is 298 g/mol. The van der Waals surface area contributed by atoms with Crippen molar-refractivity contribution in [2.75, 3.05) is 13.1 Å². The van der Waals surface area contributed by atoms with Crippen molar-refractivity contribution in [3.05, 3.63) is 35.1 Å². The SMILES string of the molecule is CC(C)(C)N1CCC(O)(c2cccc(C(F)(F)F)c2F)CC1. The molecule has 1 aliphatic heterocycles. The van der Waals surface area contributed by atoms with Gasteiger partial charge in [0, 0.05) is 24.2 Å². The molecule has 1 N–H and O–H groups in total. The van der Waals surface area contributed by atoms with Gasteiger partial charge >= 0.3 is 6.18 Å². The number of hydrogen-bond donors (Lipinski definition) is 1. The smallest absolute Gasteiger partial charge is 0.385 e. The Labute approximate surface area is 127 Å². The number of nitrogens with zero attached hydrogens (tertiary/aromatic N) is 1. The fourth-order valence-corrected chi connectivity index (χ4v) is 2.93. The van der Waals surface area contributed by atoms with Crippen molar-refractivity contribution in [1.29, 1.82) is 0 Å². The van der Waals surface area contributed by atoms with E-state index in [1.807, 2.05) is 20.8 Å². The first-order chi connectivity index (χ1) is 9.95. The summed E-state index contributed by atoms with van der Waals surface area (Å²) in [6.07, 6.45) is -4.34. The van der Waals surface area contributed by atoms with Gasteiger partial charge < -0.3 is 5.11 Å². The molecule has 0 saturated carbocycles. The third-order valence-electron chi connectivity index (χ3n) is 4.34. The maximum Gasteiger partial charge on any atom is 0.419 e. The molecule has 1 heterocycles. The molecule has 1 aliphatic rings. The number of aliphatic hydroxyl groups is 1. The van der Waals surface area contributed by atoms with Crippen molar-refractivity contribution in [2.24, 2.45) is 0 Å². The number of rotatable bonds is 1. The molecule has 6 heteroatoms. The lowest BCUT2D eigenvalue weighted by atomic mass is 9.82. The minimum absolute atomic E-state index is 0.0896. The number of likely N-dealkylation sites (tertiary alicyclic amines) is 1. The van der Waals surface area contributed by atoms with E-state index in [1.165, 1.54) is 6.07 Å². The van der Waals surface area contributed by atoms with E-state index < -0.39 is 23.2 Å². The van der Waals surface area contributed by atoms with Crippen LogP contribution in [0.25, 0.3) is 0 Å². The van der Waals surface area contributed by atoms with Crippen LogP contribution in [0.4, 0.5) is 17.6 Å². The van der Waals surface area contributed by atoms with Gasteiger partial charge in [0.2, 0.25) is 0 Å². The standard InChI is InChI=1S/C16H21F4NO/c1-14(2,3)21-9-7-15(22,8-10-21)11-5-4-6-12(13(11)17)16(18,19)20/h4-6,22H,7-10H2,1-3H3. The molecule has 0 unspecified atom stereocenters. The second-order valence-electron chi connectivity index (χ2n) is 6.85. The summed E-state index contributed by atoms with van der Waals surface area (Å²) in [4.78, 5) is 2.13. The van der Waals surface area contributed by atoms with E-state index in [0.29, 0.717) is 19.2 Å². The lowest BCUT2D eigenvalue weighted by molar-refractivity contribution is -0.140. The lowest BCUT2D eigenvalue weighted by Crippen LogP contribution is -2.50. The summed E-state index contributed by atoms with van der Waals surface area (Å²) < 4.78 is 52.7. The van der Waals surface area contributed by atoms with Crippen LogP contribution in [-0.4, -0.2) is 28.6 Å². The van der Waals surface area contributed by atoms with Crippen molar-refractivity contribution < 1.29 is 22.7 Å². The highest BCUT2D eigenvalue weighted by Crippen LogP contribution is 2.40. The van der Waals surface area contributed by atoms with Gasteiger partial charge in [0.05, 0.1) is 11.2 Å². The first-order valence-corrected chi connectivity index (χ1v) is 7.29. The predicted molar refractivity (Wildman–Crippen MR) is 75.9 cm³/mol. The molecule has 0 radical (unpaired) electrons. The first kappa shape index (κ1) is 17.2. The molecule has 1 aromatic rings. The summed E-state index contributed by atoms with van der Waals surface area (Å²) in [7, 11) is 0. The van der Waals surface area contributed by atoms with E-state index in [1.54, 1.807) is 0 Å². The van der Waals surface area contributed by atoms with Gasteiger partial charge in [-0.25, -0.2) is 4.39 Å². The Kier molecular flexibility index (Phi) is 4.30. The minimum atomic E-state index is -4.76. The Hall–Kier alpha value is -1.14. The highest BCUT2D eigenvalue weighted by atomic mass is 19.4. The Morgan fingerprint density at radius 1 is 1.09 bits per heavy atom. The summed E-state index contributed by atoms with van der Waals surface area (Å²) in [5, 5.41) is 10.7. The van der Waals surface area contributed by atoms with Gasteiger partial charge in [0.25, 0.3) is 0 Å². The van der Waals surface area contributed by atoms with E-state index in [9.17, 15) is 22.7 Å². The average Bonchev–Trinajstić information content (AvgIpc) is 2.36. The maximum absolute atomic E-state index is 14.2. The van der Waals surface area contributed by atoms with Crippen LogP contribution < -0.4 is 0 Å². The summed E-state index contributed by atoms with van der Waals surface area (Å²) in [5.41, 5.74) is -3.21. The topological polar surface area (TPSA) is 23.5 Å². The molecule has 0 amide bonds. The zero-order valence-corrected chi connectivity index (χ0v) is 13.0. The van der Waals surface area contributed by atoms with Crippen molar-refractivity contribution in [3.63, 3.8) is 0 Å². The van der Waals surface area contributed by atoms with E-state index >= 15 is 0 Å². The van der Waals surface area contributed by atoms with E-state index in [2.05, 4.69) is 4.90 Å². The lowest BCUT2D eigenvalue weighted by Gasteiger charge is -2.44. The van der Waals surface area contributed by atoms with Crippen LogP contribution in [0.1, 0.15) is 44.7 Å². The van der Waals surface area contributed by atoms with E-state index in [4.69, 9.17) is 0 Å². The monoisotopic (exact) mass is 319 g/mol. The third kappa shape index (κ3) is 3.27. The van der Waals surface area contributed by atoms with Gasteiger partial charge in [0.15, 0.2) is 0 Å². The van der Waals surface area contributed by atoms with E-state index in [0.717, 1.165) is 6.07 Å². The number of hydrogen-bond acceptors (Lipinski definition) is 2. The summed E-state index contributed by atoms with van der Waals surface area (Å²) in [6.45, 7) is 7.11. The van der Waals surface area contributed by atoms with Gasteiger partial charge in [-0.1, -0.05) is 12.1 Å². The molecule has 1 fully saturated rings. The zero-order valence-electron chi connectivity index (χ0n) is 13.0. The largest absolute Gasteiger partial charge is 0.419 e. The van der Waals surface area contributed by atoms with Gasteiger partial charge in [-0.15, -0.1) is 0 Å². The fraction of sp³-hybridized carbons (Fsp3) is 0.625. The normalized spacial score (nSPS) is 20.2. The third-order valence-corrected chi connectivity index (χ3v) is 4.34. The summed E-state index contributed by atoms with van der Waals surface area (Å²) >= 11 is 0. The molecule has 22 heavy (non-hydrogen) atoms. The average molecular weight is 319 g/mol. The number of benzene rings is 1. The van der Waals surface area contributed by atoms with Crippen LogP contribution in [0.2, 0.25) is 0 Å². The molecule has 124 valence electrons. The molecule has 1 saturated heterocycles. The van der Waals surface area contributed by atoms with Crippen LogP contribution in [-0.2, 0) is 11.8 Å². The molecule has 2 nitrogen and oxygen atoms in total. The molecule has 0 spiro atoms. The minimum Gasteiger partial charge on any atom is -0.385 e. The van der Waals surface area contributed by atoms with Crippen molar-refractivity contribution >= 4 is 0 Å². The Bertz CT molecular complexity index is 540. The first-order valence-electron chi connectivity index (χ1n) is 7.29. The molecule has 0 bridgehead atoms. The fourth-order valence-electron chi connectivity index (χ4n) is 2.93. The van der Waals surface area contributed by atoms with Gasteiger partial charge in [-0.3, -0.25) is 4.90 Å². The van der Waals surface area contributed by atoms with Crippen LogP contribution >= 0.6 is 0 Å². The highest BCUT2D eigenvalue weighted by Gasteiger charge is 2.42. The van der Waals surface area contributed by atoms with Gasteiger partial charge in [-0.2, -0.15) is 13.2 Å². The quantitative estimate of drug-likeness (QED) is 0.793. The summed E-state index contributed by atoms with van der Waals surface area (Å²) in [5.74, 6) is -1.36. The number of alkyl halides is 3. The van der Waals surface area contributed by atoms with Crippen molar-refractivity contribution in [3.8, 4) is 0 Å². The second kappa shape index (κ2) is 5.49. The molecule has 2 rings (SSSR count). The van der Waals surface area contributed by atoms with Crippen LogP contribution in [0.5, 0.6) is 0 Å².